The van der Waals surface area contributed by atoms with E-state index in [2.05, 4.69) is 17.0 Å². The molecule has 1 heterocycles. The minimum absolute atomic E-state index is 0.110. The molecule has 5 heteroatoms. The molecule has 0 bridgehead atoms. The number of carbonyl (C=O) groups is 1. The predicted octanol–water partition coefficient (Wildman–Crippen LogP) is 3.79. The molecule has 0 spiro atoms. The number of piperidine rings is 1. The molecule has 28 heavy (non-hydrogen) atoms. The third-order valence-corrected chi connectivity index (χ3v) is 5.40. The van der Waals surface area contributed by atoms with Crippen LogP contribution < -0.4 is 4.74 Å². The molecule has 0 amide bonds. The summed E-state index contributed by atoms with van der Waals surface area (Å²) in [5, 5.41) is 10.1. The van der Waals surface area contributed by atoms with Crippen LogP contribution in [0.5, 0.6) is 11.5 Å². The second-order valence-corrected chi connectivity index (χ2v) is 7.48. The zero-order valence-corrected chi connectivity index (χ0v) is 16.7. The number of rotatable bonds is 7. The van der Waals surface area contributed by atoms with E-state index in [0.29, 0.717) is 31.9 Å². The average Bonchev–Trinajstić information content (AvgIpc) is 2.69. The maximum atomic E-state index is 13.0. The number of hydrogen-bond acceptors (Lipinski definition) is 5. The zero-order chi connectivity index (χ0) is 20.0. The van der Waals surface area contributed by atoms with Crippen molar-refractivity contribution in [1.82, 2.24) is 4.90 Å². The maximum Gasteiger partial charge on any atom is 0.313 e. The van der Waals surface area contributed by atoms with Gasteiger partial charge in [0.1, 0.15) is 0 Å². The van der Waals surface area contributed by atoms with Gasteiger partial charge in [-0.1, -0.05) is 36.4 Å². The van der Waals surface area contributed by atoms with Gasteiger partial charge in [0.05, 0.1) is 19.1 Å². The molecule has 1 atom stereocenters. The van der Waals surface area contributed by atoms with Crippen LogP contribution >= 0.6 is 0 Å². The monoisotopic (exact) mass is 383 g/mol. The minimum atomic E-state index is -0.538. The van der Waals surface area contributed by atoms with Crippen molar-refractivity contribution in [3.8, 4) is 11.5 Å². The number of nitrogens with zero attached hydrogens (tertiary/aromatic N) is 1. The zero-order valence-electron chi connectivity index (χ0n) is 16.7. The first-order chi connectivity index (χ1) is 13.6. The van der Waals surface area contributed by atoms with Gasteiger partial charge in [0.2, 0.25) is 0 Å². The summed E-state index contributed by atoms with van der Waals surface area (Å²) in [7, 11) is 1.54. The summed E-state index contributed by atoms with van der Waals surface area (Å²) in [5.41, 5.74) is 1.61. The van der Waals surface area contributed by atoms with Crippen LogP contribution in [0.3, 0.4) is 0 Å². The van der Waals surface area contributed by atoms with Crippen molar-refractivity contribution in [2.75, 3.05) is 26.8 Å². The maximum absolute atomic E-state index is 13.0. The molecule has 1 aliphatic rings. The van der Waals surface area contributed by atoms with Crippen molar-refractivity contribution in [3.05, 3.63) is 59.7 Å². The number of hydrogen-bond donors (Lipinski definition) is 1. The molecule has 0 saturated carbocycles. The number of likely N-dealkylation sites (tertiary alicyclic amines) is 1. The SMILES string of the molecule is CCOC(=O)C1(Cc2ccccc2)CCCN(Cc2ccc(OC)c(O)c2)C1. The summed E-state index contributed by atoms with van der Waals surface area (Å²) in [6, 6.07) is 15.6. The molecular formula is C23H29NO4. The summed E-state index contributed by atoms with van der Waals surface area (Å²) >= 11 is 0. The summed E-state index contributed by atoms with van der Waals surface area (Å²) in [6.07, 6.45) is 2.44. The van der Waals surface area contributed by atoms with Crippen LogP contribution in [0.1, 0.15) is 30.9 Å². The fourth-order valence-electron chi connectivity index (χ4n) is 4.11. The van der Waals surface area contributed by atoms with Crippen LogP contribution in [-0.2, 0) is 22.5 Å². The van der Waals surface area contributed by atoms with E-state index < -0.39 is 5.41 Å². The largest absolute Gasteiger partial charge is 0.504 e. The van der Waals surface area contributed by atoms with Crippen molar-refractivity contribution in [1.29, 1.82) is 0 Å². The van der Waals surface area contributed by atoms with E-state index in [-0.39, 0.29) is 11.7 Å². The van der Waals surface area contributed by atoms with Gasteiger partial charge < -0.3 is 14.6 Å². The number of ether oxygens (including phenoxy) is 2. The van der Waals surface area contributed by atoms with Crippen molar-refractivity contribution in [2.45, 2.75) is 32.7 Å². The molecule has 5 nitrogen and oxygen atoms in total. The Morgan fingerprint density at radius 1 is 1.18 bits per heavy atom. The first-order valence-corrected chi connectivity index (χ1v) is 9.86. The van der Waals surface area contributed by atoms with E-state index in [1.54, 1.807) is 12.1 Å². The molecule has 1 aliphatic heterocycles. The molecule has 1 saturated heterocycles. The second kappa shape index (κ2) is 9.11. The number of esters is 1. The van der Waals surface area contributed by atoms with E-state index in [4.69, 9.17) is 9.47 Å². The van der Waals surface area contributed by atoms with Gasteiger partial charge in [-0.2, -0.15) is 0 Å². The Morgan fingerprint density at radius 2 is 1.96 bits per heavy atom. The number of carbonyl (C=O) groups excluding carboxylic acids is 1. The molecule has 0 radical (unpaired) electrons. The molecule has 3 rings (SSSR count). The lowest BCUT2D eigenvalue weighted by Gasteiger charge is -2.41. The third kappa shape index (κ3) is 4.65. The van der Waals surface area contributed by atoms with Crippen molar-refractivity contribution >= 4 is 5.97 Å². The smallest absolute Gasteiger partial charge is 0.313 e. The topological polar surface area (TPSA) is 59.0 Å². The molecule has 2 aromatic carbocycles. The summed E-state index contributed by atoms with van der Waals surface area (Å²) in [6.45, 7) is 4.49. The lowest BCUT2D eigenvalue weighted by atomic mass is 9.75. The fraction of sp³-hybridized carbons (Fsp3) is 0.435. The summed E-state index contributed by atoms with van der Waals surface area (Å²) < 4.78 is 10.6. The third-order valence-electron chi connectivity index (χ3n) is 5.40. The van der Waals surface area contributed by atoms with Gasteiger partial charge in [0.15, 0.2) is 11.5 Å². The van der Waals surface area contributed by atoms with Crippen LogP contribution in [0.4, 0.5) is 0 Å². The Hall–Kier alpha value is -2.53. The molecule has 1 unspecified atom stereocenters. The lowest BCUT2D eigenvalue weighted by Crippen LogP contribution is -2.49. The van der Waals surface area contributed by atoms with E-state index in [9.17, 15) is 9.90 Å². The average molecular weight is 383 g/mol. The molecule has 1 N–H and O–H groups in total. The molecular weight excluding hydrogens is 354 g/mol. The normalized spacial score (nSPS) is 19.9. The highest BCUT2D eigenvalue weighted by atomic mass is 16.5. The first kappa shape index (κ1) is 20.2. The van der Waals surface area contributed by atoms with Crippen LogP contribution in [0.25, 0.3) is 0 Å². The van der Waals surface area contributed by atoms with Gasteiger partial charge in [-0.15, -0.1) is 0 Å². The number of methoxy groups -OCH3 is 1. The summed E-state index contributed by atoms with van der Waals surface area (Å²) in [4.78, 5) is 15.2. The van der Waals surface area contributed by atoms with Crippen molar-refractivity contribution in [2.24, 2.45) is 5.41 Å². The molecule has 0 aliphatic carbocycles. The summed E-state index contributed by atoms with van der Waals surface area (Å²) in [5.74, 6) is 0.492. The van der Waals surface area contributed by atoms with E-state index >= 15 is 0 Å². The molecule has 0 aromatic heterocycles. The number of phenolic OH excluding ortho intramolecular Hbond substituents is 1. The molecule has 2 aromatic rings. The van der Waals surface area contributed by atoms with Crippen LogP contribution in [0.2, 0.25) is 0 Å². The molecule has 1 fully saturated rings. The Kier molecular flexibility index (Phi) is 6.57. The number of benzene rings is 2. The molecule has 150 valence electrons. The van der Waals surface area contributed by atoms with Gasteiger partial charge in [0, 0.05) is 13.1 Å². The van der Waals surface area contributed by atoms with Crippen LogP contribution in [-0.4, -0.2) is 42.8 Å². The highest BCUT2D eigenvalue weighted by molar-refractivity contribution is 5.77. The Balaban J connectivity index is 1.79. The number of aromatic hydroxyl groups is 1. The predicted molar refractivity (Wildman–Crippen MR) is 108 cm³/mol. The van der Waals surface area contributed by atoms with Crippen molar-refractivity contribution < 1.29 is 19.4 Å². The van der Waals surface area contributed by atoms with E-state index in [0.717, 1.165) is 30.5 Å². The van der Waals surface area contributed by atoms with E-state index in [1.807, 2.05) is 31.2 Å². The van der Waals surface area contributed by atoms with Gasteiger partial charge >= 0.3 is 5.97 Å². The highest BCUT2D eigenvalue weighted by Crippen LogP contribution is 2.36. The Labute approximate surface area is 166 Å². The van der Waals surface area contributed by atoms with Gasteiger partial charge in [-0.25, -0.2) is 0 Å². The van der Waals surface area contributed by atoms with Crippen molar-refractivity contribution in [3.63, 3.8) is 0 Å². The standard InChI is InChI=1S/C23H29NO4/c1-3-28-22(26)23(15-18-8-5-4-6-9-18)12-7-13-24(17-23)16-19-10-11-21(27-2)20(25)14-19/h4-6,8-11,14,25H,3,7,12-13,15-17H2,1-2H3. The second-order valence-electron chi connectivity index (χ2n) is 7.48. The van der Waals surface area contributed by atoms with Gasteiger partial charge in [0.25, 0.3) is 0 Å². The van der Waals surface area contributed by atoms with Gasteiger partial charge in [-0.05, 0) is 56.0 Å². The van der Waals surface area contributed by atoms with E-state index in [1.165, 1.54) is 7.11 Å². The Morgan fingerprint density at radius 3 is 2.64 bits per heavy atom. The Bertz CT molecular complexity index is 792. The lowest BCUT2D eigenvalue weighted by molar-refractivity contribution is -0.159. The highest BCUT2D eigenvalue weighted by Gasteiger charge is 2.43. The number of phenols is 1. The van der Waals surface area contributed by atoms with Gasteiger partial charge in [-0.3, -0.25) is 9.69 Å². The minimum Gasteiger partial charge on any atom is -0.504 e. The quantitative estimate of drug-likeness (QED) is 0.737. The van der Waals surface area contributed by atoms with Crippen LogP contribution in [0, 0.1) is 5.41 Å². The first-order valence-electron chi connectivity index (χ1n) is 9.86. The van der Waals surface area contributed by atoms with Crippen LogP contribution in [0.15, 0.2) is 48.5 Å². The fourth-order valence-corrected chi connectivity index (χ4v) is 4.11.